The lowest BCUT2D eigenvalue weighted by Gasteiger charge is -2.29. The van der Waals surface area contributed by atoms with Crippen LogP contribution in [0.25, 0.3) is 11.1 Å². The number of hydrogen-bond donors (Lipinski definition) is 2. The van der Waals surface area contributed by atoms with Crippen LogP contribution >= 0.6 is 11.3 Å². The summed E-state index contributed by atoms with van der Waals surface area (Å²) in [7, 11) is 1.31. The maximum Gasteiger partial charge on any atom is 0.341 e. The van der Waals surface area contributed by atoms with Gasteiger partial charge in [0.1, 0.15) is 10.6 Å². The number of aryl methyl sites for hydroxylation is 1. The number of amides is 1. The van der Waals surface area contributed by atoms with Crippen LogP contribution < -0.4 is 5.32 Å². The van der Waals surface area contributed by atoms with Crippen molar-refractivity contribution in [3.63, 3.8) is 0 Å². The molecule has 0 radical (unpaired) electrons. The summed E-state index contributed by atoms with van der Waals surface area (Å²) in [5.74, 6) is -3.38. The molecule has 1 amide bonds. The lowest BCUT2D eigenvalue weighted by Crippen LogP contribution is -2.36. The molecule has 1 aliphatic rings. The van der Waals surface area contributed by atoms with Gasteiger partial charge >= 0.3 is 11.9 Å². The fourth-order valence-corrected chi connectivity index (χ4v) is 5.21. The van der Waals surface area contributed by atoms with Crippen LogP contribution in [0.15, 0.2) is 41.5 Å². The number of hydrogen-bond acceptors (Lipinski definition) is 5. The van der Waals surface area contributed by atoms with Crippen molar-refractivity contribution in [1.82, 2.24) is 0 Å². The third-order valence-electron chi connectivity index (χ3n) is 5.91. The van der Waals surface area contributed by atoms with Crippen molar-refractivity contribution in [2.75, 3.05) is 12.4 Å². The molecule has 1 aromatic carbocycles. The number of nitrogens with one attached hydrogen (secondary N) is 1. The number of carbonyl (C=O) groups is 3. The Kier molecular flexibility index (Phi) is 6.95. The van der Waals surface area contributed by atoms with Crippen LogP contribution in [0.3, 0.4) is 0 Å². The SMILES string of the molecule is CCc1sc(NC(=O)[C@@H]2CC(C)=C(C)C[C@@H]2C(=O)O)c(C(=O)OC)c1-c1ccccc1. The number of allylic oxidation sites excluding steroid dienone is 2. The van der Waals surface area contributed by atoms with Crippen LogP contribution in [0.5, 0.6) is 0 Å². The Morgan fingerprint density at radius 3 is 2.26 bits per heavy atom. The van der Waals surface area contributed by atoms with Crippen molar-refractivity contribution in [2.24, 2.45) is 11.8 Å². The van der Waals surface area contributed by atoms with E-state index in [0.29, 0.717) is 29.8 Å². The second-order valence-corrected chi connectivity index (χ2v) is 8.93. The van der Waals surface area contributed by atoms with E-state index >= 15 is 0 Å². The van der Waals surface area contributed by atoms with E-state index in [-0.39, 0.29) is 5.91 Å². The van der Waals surface area contributed by atoms with Gasteiger partial charge < -0.3 is 15.2 Å². The van der Waals surface area contributed by atoms with Crippen molar-refractivity contribution >= 4 is 34.2 Å². The molecular formula is C24H27NO5S. The standard InChI is InChI=1S/C24H27NO5S/c1-5-18-19(15-9-7-6-8-10-15)20(24(29)30-4)22(31-18)25-21(26)16-11-13(2)14(3)12-17(16)23(27)28/h6-10,16-17H,5,11-12H2,1-4H3,(H,25,26)(H,27,28)/t16-,17+/m1/s1. The Hall–Kier alpha value is -2.93. The first-order valence-corrected chi connectivity index (χ1v) is 11.1. The summed E-state index contributed by atoms with van der Waals surface area (Å²) in [5, 5.41) is 12.9. The topological polar surface area (TPSA) is 92.7 Å². The summed E-state index contributed by atoms with van der Waals surface area (Å²) in [6.07, 6.45) is 1.42. The lowest BCUT2D eigenvalue weighted by atomic mass is 9.76. The smallest absolute Gasteiger partial charge is 0.341 e. The van der Waals surface area contributed by atoms with E-state index in [1.165, 1.54) is 18.4 Å². The van der Waals surface area contributed by atoms with Crippen molar-refractivity contribution < 1.29 is 24.2 Å². The minimum absolute atomic E-state index is 0.315. The summed E-state index contributed by atoms with van der Waals surface area (Å²) in [5.41, 5.74) is 3.99. The molecule has 0 spiro atoms. The van der Waals surface area contributed by atoms with Crippen LogP contribution in [-0.2, 0) is 20.7 Å². The predicted molar refractivity (Wildman–Crippen MR) is 121 cm³/mol. The summed E-state index contributed by atoms with van der Waals surface area (Å²) in [6, 6.07) is 9.51. The molecule has 2 N–H and O–H groups in total. The second-order valence-electron chi connectivity index (χ2n) is 7.82. The number of thiophene rings is 1. The highest BCUT2D eigenvalue weighted by Crippen LogP contribution is 2.42. The summed E-state index contributed by atoms with van der Waals surface area (Å²) in [6.45, 7) is 5.83. The highest BCUT2D eigenvalue weighted by Gasteiger charge is 2.38. The first-order valence-electron chi connectivity index (χ1n) is 10.3. The van der Waals surface area contributed by atoms with Gasteiger partial charge in [0.05, 0.1) is 18.9 Å². The zero-order valence-corrected chi connectivity index (χ0v) is 19.0. The Morgan fingerprint density at radius 1 is 1.10 bits per heavy atom. The van der Waals surface area contributed by atoms with Crippen molar-refractivity contribution in [2.45, 2.75) is 40.0 Å². The minimum Gasteiger partial charge on any atom is -0.481 e. The molecule has 0 unspecified atom stereocenters. The molecule has 1 aromatic heterocycles. The Balaban J connectivity index is 2.03. The highest BCUT2D eigenvalue weighted by atomic mass is 32.1. The number of benzene rings is 1. The molecule has 1 heterocycles. The molecule has 164 valence electrons. The van der Waals surface area contributed by atoms with E-state index in [2.05, 4.69) is 5.32 Å². The van der Waals surface area contributed by atoms with Crippen LogP contribution in [0, 0.1) is 11.8 Å². The van der Waals surface area contributed by atoms with E-state index in [0.717, 1.165) is 27.2 Å². The normalized spacial score (nSPS) is 18.6. The van der Waals surface area contributed by atoms with Crippen LogP contribution in [-0.4, -0.2) is 30.1 Å². The molecule has 7 heteroatoms. The number of carboxylic acid groups (broad SMARTS) is 1. The fourth-order valence-electron chi connectivity index (χ4n) is 4.05. The van der Waals surface area contributed by atoms with Crippen molar-refractivity contribution in [3.8, 4) is 11.1 Å². The molecule has 0 saturated carbocycles. The Morgan fingerprint density at radius 2 is 1.71 bits per heavy atom. The van der Waals surface area contributed by atoms with Gasteiger partial charge in [-0.05, 0) is 38.7 Å². The molecule has 0 bridgehead atoms. The fraction of sp³-hybridized carbons (Fsp3) is 0.375. The summed E-state index contributed by atoms with van der Waals surface area (Å²) in [4.78, 5) is 38.7. The predicted octanol–water partition coefficient (Wildman–Crippen LogP) is 5.15. The number of esters is 1. The number of aliphatic carboxylic acids is 1. The summed E-state index contributed by atoms with van der Waals surface area (Å²) >= 11 is 1.34. The van der Waals surface area contributed by atoms with E-state index in [4.69, 9.17) is 4.74 Å². The monoisotopic (exact) mass is 441 g/mol. The average molecular weight is 442 g/mol. The lowest BCUT2D eigenvalue weighted by molar-refractivity contribution is -0.146. The third kappa shape index (κ3) is 4.56. The largest absolute Gasteiger partial charge is 0.481 e. The maximum atomic E-state index is 13.2. The van der Waals surface area contributed by atoms with E-state index in [9.17, 15) is 19.5 Å². The number of methoxy groups -OCH3 is 1. The van der Waals surface area contributed by atoms with Gasteiger partial charge in [-0.2, -0.15) is 0 Å². The minimum atomic E-state index is -0.981. The van der Waals surface area contributed by atoms with Gasteiger partial charge in [0.25, 0.3) is 0 Å². The molecule has 2 aromatic rings. The van der Waals surface area contributed by atoms with Crippen LogP contribution in [0.2, 0.25) is 0 Å². The zero-order valence-electron chi connectivity index (χ0n) is 18.2. The zero-order chi connectivity index (χ0) is 22.7. The Bertz CT molecular complexity index is 1040. The van der Waals surface area contributed by atoms with Gasteiger partial charge in [0.15, 0.2) is 0 Å². The molecule has 0 fully saturated rings. The number of rotatable bonds is 6. The van der Waals surface area contributed by atoms with E-state index < -0.39 is 23.8 Å². The number of carboxylic acids is 1. The quantitative estimate of drug-likeness (QED) is 0.478. The number of carbonyl (C=O) groups excluding carboxylic acids is 2. The Labute approximate surface area is 185 Å². The van der Waals surface area contributed by atoms with Crippen molar-refractivity contribution in [3.05, 3.63) is 51.9 Å². The molecule has 6 nitrogen and oxygen atoms in total. The maximum absolute atomic E-state index is 13.2. The van der Waals surface area contributed by atoms with Gasteiger partial charge in [-0.25, -0.2) is 4.79 Å². The molecule has 1 aliphatic carbocycles. The van der Waals surface area contributed by atoms with E-state index in [1.54, 1.807) is 0 Å². The highest BCUT2D eigenvalue weighted by molar-refractivity contribution is 7.17. The van der Waals surface area contributed by atoms with Crippen LogP contribution in [0.1, 0.15) is 48.8 Å². The van der Waals surface area contributed by atoms with Crippen molar-refractivity contribution in [1.29, 1.82) is 0 Å². The van der Waals surface area contributed by atoms with Gasteiger partial charge in [-0.15, -0.1) is 11.3 Å². The van der Waals surface area contributed by atoms with E-state index in [1.807, 2.05) is 51.1 Å². The third-order valence-corrected chi connectivity index (χ3v) is 7.16. The first kappa shape index (κ1) is 22.7. The molecule has 0 saturated heterocycles. The molecular weight excluding hydrogens is 414 g/mol. The molecule has 2 atom stereocenters. The number of ether oxygens (including phenoxy) is 1. The van der Waals surface area contributed by atoms with Crippen LogP contribution in [0.4, 0.5) is 5.00 Å². The first-order chi connectivity index (χ1) is 14.8. The molecule has 0 aliphatic heterocycles. The van der Waals surface area contributed by atoms with Gasteiger partial charge in [0, 0.05) is 10.4 Å². The number of anilines is 1. The van der Waals surface area contributed by atoms with Gasteiger partial charge in [-0.3, -0.25) is 9.59 Å². The summed E-state index contributed by atoms with van der Waals surface area (Å²) < 4.78 is 5.03. The average Bonchev–Trinajstić information content (AvgIpc) is 3.13. The second kappa shape index (κ2) is 9.47. The van der Waals surface area contributed by atoms with Gasteiger partial charge in [0.2, 0.25) is 5.91 Å². The molecule has 3 rings (SSSR count). The van der Waals surface area contributed by atoms with Gasteiger partial charge in [-0.1, -0.05) is 48.4 Å². The molecule has 31 heavy (non-hydrogen) atoms.